The van der Waals surface area contributed by atoms with Gasteiger partial charge in [-0.2, -0.15) is 5.10 Å². The number of hydrogen-bond donors (Lipinski definition) is 2. The fourth-order valence-electron chi connectivity index (χ4n) is 1.71. The van der Waals surface area contributed by atoms with E-state index in [0.29, 0.717) is 12.4 Å². The monoisotopic (exact) mass is 292 g/mol. The zero-order chi connectivity index (χ0) is 15.2. The van der Waals surface area contributed by atoms with E-state index in [1.54, 1.807) is 7.05 Å². The molecule has 8 heteroatoms. The molecule has 0 aliphatic heterocycles. The summed E-state index contributed by atoms with van der Waals surface area (Å²) >= 11 is 0. The number of carbonyl (C=O) groups is 1. The third kappa shape index (κ3) is 3.74. The maximum absolute atomic E-state index is 14.2. The molecule has 0 saturated carbocycles. The second-order valence-corrected chi connectivity index (χ2v) is 4.47. The van der Waals surface area contributed by atoms with E-state index in [0.717, 1.165) is 6.42 Å². The molecule has 2 aromatic heterocycles. The minimum absolute atomic E-state index is 0.0560. The third-order valence-corrected chi connectivity index (χ3v) is 2.73. The summed E-state index contributed by atoms with van der Waals surface area (Å²) in [6, 6.07) is 1.34. The summed E-state index contributed by atoms with van der Waals surface area (Å²) in [5, 5.41) is 9.45. The fourth-order valence-corrected chi connectivity index (χ4v) is 1.71. The van der Waals surface area contributed by atoms with Gasteiger partial charge in [-0.15, -0.1) is 0 Å². The van der Waals surface area contributed by atoms with Gasteiger partial charge in [-0.05, 0) is 12.5 Å². The number of rotatable bonds is 6. The Morgan fingerprint density at radius 1 is 1.43 bits per heavy atom. The molecule has 0 aromatic carbocycles. The highest BCUT2D eigenvalue weighted by molar-refractivity contribution is 5.95. The topological polar surface area (TPSA) is 84.7 Å². The number of aryl methyl sites for hydroxylation is 1. The van der Waals surface area contributed by atoms with Crippen molar-refractivity contribution in [3.8, 4) is 0 Å². The molecule has 21 heavy (non-hydrogen) atoms. The molecule has 0 atom stereocenters. The second-order valence-electron chi connectivity index (χ2n) is 4.47. The van der Waals surface area contributed by atoms with Crippen LogP contribution in [0.2, 0.25) is 0 Å². The number of nitrogens with one attached hydrogen (secondary N) is 2. The minimum Gasteiger partial charge on any atom is -0.368 e. The Morgan fingerprint density at radius 2 is 2.24 bits per heavy atom. The van der Waals surface area contributed by atoms with Gasteiger partial charge in [0.15, 0.2) is 17.5 Å². The van der Waals surface area contributed by atoms with E-state index < -0.39 is 11.7 Å². The molecule has 0 aliphatic rings. The second kappa shape index (κ2) is 6.78. The molecule has 0 saturated heterocycles. The van der Waals surface area contributed by atoms with Gasteiger partial charge >= 0.3 is 0 Å². The molecular weight excluding hydrogens is 275 g/mol. The predicted molar refractivity (Wildman–Crippen MR) is 75.1 cm³/mol. The summed E-state index contributed by atoms with van der Waals surface area (Å²) in [6.07, 6.45) is 3.76. The number of aromatic nitrogens is 4. The lowest BCUT2D eigenvalue weighted by Gasteiger charge is -2.08. The number of carbonyl (C=O) groups excluding carboxylic acids is 1. The van der Waals surface area contributed by atoms with Crippen molar-refractivity contribution in [2.75, 3.05) is 11.9 Å². The van der Waals surface area contributed by atoms with Gasteiger partial charge in [-0.1, -0.05) is 6.92 Å². The highest BCUT2D eigenvalue weighted by Gasteiger charge is 2.16. The highest BCUT2D eigenvalue weighted by Crippen LogP contribution is 2.15. The molecule has 0 fully saturated rings. The van der Waals surface area contributed by atoms with Crippen molar-refractivity contribution in [2.24, 2.45) is 7.05 Å². The van der Waals surface area contributed by atoms with Gasteiger partial charge in [0.05, 0.1) is 12.1 Å². The number of nitrogens with zero attached hydrogens (tertiary/aromatic N) is 4. The first-order chi connectivity index (χ1) is 10.1. The molecule has 2 aromatic rings. The van der Waals surface area contributed by atoms with Crippen molar-refractivity contribution < 1.29 is 9.18 Å². The number of hydrogen-bond acceptors (Lipinski definition) is 5. The summed E-state index contributed by atoms with van der Waals surface area (Å²) in [5.41, 5.74) is -0.0560. The van der Waals surface area contributed by atoms with Crippen LogP contribution < -0.4 is 10.6 Å². The quantitative estimate of drug-likeness (QED) is 0.833. The van der Waals surface area contributed by atoms with E-state index in [1.165, 1.54) is 23.3 Å². The van der Waals surface area contributed by atoms with Gasteiger partial charge in [-0.3, -0.25) is 9.48 Å². The maximum Gasteiger partial charge on any atom is 0.254 e. The maximum atomic E-state index is 14.2. The SMILES string of the molecule is CCCNc1nccc(C(=O)NCc2ncn(C)n2)c1F. The van der Waals surface area contributed by atoms with Crippen LogP contribution in [0.15, 0.2) is 18.6 Å². The largest absolute Gasteiger partial charge is 0.368 e. The lowest BCUT2D eigenvalue weighted by atomic mass is 10.2. The average molecular weight is 292 g/mol. The third-order valence-electron chi connectivity index (χ3n) is 2.73. The smallest absolute Gasteiger partial charge is 0.254 e. The van der Waals surface area contributed by atoms with Crippen molar-refractivity contribution in [1.82, 2.24) is 25.1 Å². The Bertz CT molecular complexity index is 627. The molecule has 2 heterocycles. The van der Waals surface area contributed by atoms with E-state index in [-0.39, 0.29) is 17.9 Å². The zero-order valence-electron chi connectivity index (χ0n) is 11.9. The van der Waals surface area contributed by atoms with Gasteiger partial charge in [-0.25, -0.2) is 14.4 Å². The van der Waals surface area contributed by atoms with Crippen LogP contribution >= 0.6 is 0 Å². The van der Waals surface area contributed by atoms with E-state index in [9.17, 15) is 9.18 Å². The van der Waals surface area contributed by atoms with Crippen LogP contribution in [0.5, 0.6) is 0 Å². The van der Waals surface area contributed by atoms with E-state index in [1.807, 2.05) is 6.92 Å². The molecule has 7 nitrogen and oxygen atoms in total. The highest BCUT2D eigenvalue weighted by atomic mass is 19.1. The molecule has 0 bridgehead atoms. The lowest BCUT2D eigenvalue weighted by Crippen LogP contribution is -2.25. The van der Waals surface area contributed by atoms with Crippen LogP contribution in [0, 0.1) is 5.82 Å². The number of amides is 1. The predicted octanol–water partition coefficient (Wildman–Crippen LogP) is 1.10. The Kier molecular flexibility index (Phi) is 4.81. The van der Waals surface area contributed by atoms with Crippen LogP contribution in [0.1, 0.15) is 29.5 Å². The lowest BCUT2D eigenvalue weighted by molar-refractivity contribution is 0.0945. The van der Waals surface area contributed by atoms with Gasteiger partial charge < -0.3 is 10.6 Å². The van der Waals surface area contributed by atoms with Crippen LogP contribution in [0.3, 0.4) is 0 Å². The van der Waals surface area contributed by atoms with Gasteiger partial charge in [0, 0.05) is 19.8 Å². The van der Waals surface area contributed by atoms with Gasteiger partial charge in [0.25, 0.3) is 5.91 Å². The molecule has 0 unspecified atom stereocenters. The molecule has 0 radical (unpaired) electrons. The molecule has 0 spiro atoms. The Morgan fingerprint density at radius 3 is 2.90 bits per heavy atom. The normalized spacial score (nSPS) is 10.4. The van der Waals surface area contributed by atoms with E-state index in [4.69, 9.17) is 0 Å². The van der Waals surface area contributed by atoms with Gasteiger partial charge in [0.2, 0.25) is 0 Å². The summed E-state index contributed by atoms with van der Waals surface area (Å²) in [5.74, 6) is -0.635. The fraction of sp³-hybridized carbons (Fsp3) is 0.385. The Hall–Kier alpha value is -2.51. The van der Waals surface area contributed by atoms with Crippen LogP contribution in [0.25, 0.3) is 0 Å². The van der Waals surface area contributed by atoms with Crippen molar-refractivity contribution in [1.29, 1.82) is 0 Å². The summed E-state index contributed by atoms with van der Waals surface area (Å²) in [4.78, 5) is 19.9. The van der Waals surface area contributed by atoms with Crippen molar-refractivity contribution in [3.05, 3.63) is 35.8 Å². The minimum atomic E-state index is -0.655. The molecule has 2 N–H and O–H groups in total. The average Bonchev–Trinajstić information content (AvgIpc) is 2.89. The van der Waals surface area contributed by atoms with Crippen molar-refractivity contribution in [2.45, 2.75) is 19.9 Å². The van der Waals surface area contributed by atoms with Crippen molar-refractivity contribution in [3.63, 3.8) is 0 Å². The van der Waals surface area contributed by atoms with Crippen LogP contribution in [-0.4, -0.2) is 32.2 Å². The zero-order valence-corrected chi connectivity index (χ0v) is 11.9. The van der Waals surface area contributed by atoms with Crippen LogP contribution in [0.4, 0.5) is 10.2 Å². The summed E-state index contributed by atoms with van der Waals surface area (Å²) < 4.78 is 15.7. The van der Waals surface area contributed by atoms with E-state index >= 15 is 0 Å². The van der Waals surface area contributed by atoms with Crippen molar-refractivity contribution >= 4 is 11.7 Å². The Balaban J connectivity index is 2.04. The first-order valence-corrected chi connectivity index (χ1v) is 6.63. The van der Waals surface area contributed by atoms with E-state index in [2.05, 4.69) is 25.7 Å². The van der Waals surface area contributed by atoms with Crippen LogP contribution in [-0.2, 0) is 13.6 Å². The Labute approximate surface area is 121 Å². The molecule has 1 amide bonds. The number of anilines is 1. The molecule has 112 valence electrons. The summed E-state index contributed by atoms with van der Waals surface area (Å²) in [7, 11) is 1.73. The summed E-state index contributed by atoms with van der Waals surface area (Å²) in [6.45, 7) is 2.69. The van der Waals surface area contributed by atoms with Gasteiger partial charge in [0.1, 0.15) is 6.33 Å². The number of pyridine rings is 1. The molecular formula is C13H17FN6O. The number of halogens is 1. The molecule has 2 rings (SSSR count). The standard InChI is InChI=1S/C13H17FN6O/c1-3-5-15-12-11(14)9(4-6-16-12)13(21)17-7-10-18-8-20(2)19-10/h4,6,8H,3,5,7H2,1-2H3,(H,15,16)(H,17,21). The first kappa shape index (κ1) is 14.9. The first-order valence-electron chi connectivity index (χ1n) is 6.63. The molecule has 0 aliphatic carbocycles.